The Morgan fingerprint density at radius 3 is 2.50 bits per heavy atom. The van der Waals surface area contributed by atoms with Gasteiger partial charge in [0.05, 0.1) is 17.4 Å². The molecule has 0 aliphatic heterocycles. The minimum absolute atomic E-state index is 0.246. The molecule has 136 valence electrons. The number of carboxylic acid groups (broad SMARTS) is 1. The lowest BCUT2D eigenvalue weighted by atomic mass is 10.1. The van der Waals surface area contributed by atoms with Gasteiger partial charge < -0.3 is 10.4 Å². The van der Waals surface area contributed by atoms with Crippen LogP contribution in [0.3, 0.4) is 0 Å². The number of nitrogens with zero attached hydrogens (tertiary/aromatic N) is 2. The quantitative estimate of drug-likeness (QED) is 0.646. The first-order valence-electron chi connectivity index (χ1n) is 7.14. The smallest absolute Gasteiger partial charge is 0.475 e. The van der Waals surface area contributed by atoms with Crippen LogP contribution in [0.4, 0.5) is 18.9 Å². The van der Waals surface area contributed by atoms with Crippen molar-refractivity contribution in [2.75, 3.05) is 5.32 Å². The number of benzene rings is 1. The maximum atomic E-state index is 12.2. The maximum absolute atomic E-state index is 12.2. The van der Waals surface area contributed by atoms with Crippen LogP contribution in [0.15, 0.2) is 42.7 Å². The largest absolute Gasteiger partial charge is 0.490 e. The molecular weight excluding hydrogens is 353 g/mol. The van der Waals surface area contributed by atoms with Crippen LogP contribution in [-0.4, -0.2) is 38.3 Å². The molecule has 0 bridgehead atoms. The number of aromatic amines is 1. The SMILES string of the molecule is Cc1ccc2[nH]nc(C(=O)Nc3cccnc3)c2c1.O=C(O)C(F)(F)F. The molecule has 0 saturated heterocycles. The molecular formula is C16H13F3N4O3. The van der Waals surface area contributed by atoms with E-state index in [0.29, 0.717) is 11.4 Å². The van der Waals surface area contributed by atoms with E-state index in [2.05, 4.69) is 20.5 Å². The molecule has 0 fully saturated rings. The van der Waals surface area contributed by atoms with E-state index in [-0.39, 0.29) is 5.91 Å². The minimum Gasteiger partial charge on any atom is -0.475 e. The molecule has 3 aromatic rings. The van der Waals surface area contributed by atoms with Crippen LogP contribution in [-0.2, 0) is 4.79 Å². The van der Waals surface area contributed by atoms with Gasteiger partial charge in [0.1, 0.15) is 0 Å². The number of amides is 1. The molecule has 3 N–H and O–H groups in total. The van der Waals surface area contributed by atoms with Gasteiger partial charge in [-0.2, -0.15) is 18.3 Å². The number of carbonyl (C=O) groups excluding carboxylic acids is 1. The molecule has 2 heterocycles. The summed E-state index contributed by atoms with van der Waals surface area (Å²) in [5.41, 5.74) is 2.98. The number of aromatic nitrogens is 3. The molecule has 26 heavy (non-hydrogen) atoms. The van der Waals surface area contributed by atoms with Crippen LogP contribution in [0.25, 0.3) is 10.9 Å². The van der Waals surface area contributed by atoms with Gasteiger partial charge in [-0.25, -0.2) is 4.79 Å². The van der Waals surface area contributed by atoms with Gasteiger partial charge in [-0.15, -0.1) is 0 Å². The zero-order valence-corrected chi connectivity index (χ0v) is 13.3. The predicted octanol–water partition coefficient (Wildman–Crippen LogP) is 3.15. The monoisotopic (exact) mass is 366 g/mol. The second kappa shape index (κ2) is 7.64. The van der Waals surface area contributed by atoms with Crippen molar-refractivity contribution in [2.24, 2.45) is 0 Å². The van der Waals surface area contributed by atoms with Gasteiger partial charge in [-0.3, -0.25) is 14.9 Å². The highest BCUT2D eigenvalue weighted by molar-refractivity contribution is 6.11. The van der Waals surface area contributed by atoms with E-state index in [1.807, 2.05) is 25.1 Å². The van der Waals surface area contributed by atoms with Gasteiger partial charge in [0, 0.05) is 11.6 Å². The van der Waals surface area contributed by atoms with Crippen molar-refractivity contribution in [3.8, 4) is 0 Å². The van der Waals surface area contributed by atoms with E-state index < -0.39 is 12.1 Å². The number of alkyl halides is 3. The molecule has 1 aromatic carbocycles. The number of aryl methyl sites for hydroxylation is 1. The zero-order chi connectivity index (χ0) is 19.3. The van der Waals surface area contributed by atoms with Crippen molar-refractivity contribution >= 4 is 28.5 Å². The van der Waals surface area contributed by atoms with Crippen LogP contribution in [0.5, 0.6) is 0 Å². The molecule has 7 nitrogen and oxygen atoms in total. The maximum Gasteiger partial charge on any atom is 0.490 e. The Labute approximate surface area is 144 Å². The summed E-state index contributed by atoms with van der Waals surface area (Å²) in [6, 6.07) is 9.38. The van der Waals surface area contributed by atoms with Crippen LogP contribution >= 0.6 is 0 Å². The van der Waals surface area contributed by atoms with Crippen molar-refractivity contribution in [3.63, 3.8) is 0 Å². The molecule has 1 amide bonds. The van der Waals surface area contributed by atoms with Gasteiger partial charge in [0.25, 0.3) is 5.91 Å². The number of anilines is 1. The van der Waals surface area contributed by atoms with Gasteiger partial charge in [0.15, 0.2) is 5.69 Å². The van der Waals surface area contributed by atoms with E-state index >= 15 is 0 Å². The van der Waals surface area contributed by atoms with E-state index in [9.17, 15) is 18.0 Å². The van der Waals surface area contributed by atoms with E-state index in [0.717, 1.165) is 16.5 Å². The number of halogens is 3. The first-order chi connectivity index (χ1) is 12.2. The molecule has 0 aliphatic carbocycles. The van der Waals surface area contributed by atoms with Crippen LogP contribution in [0, 0.1) is 6.92 Å². The fourth-order valence-electron chi connectivity index (χ4n) is 1.93. The van der Waals surface area contributed by atoms with E-state index in [1.54, 1.807) is 24.5 Å². The number of carbonyl (C=O) groups is 2. The summed E-state index contributed by atoms with van der Waals surface area (Å²) in [6.07, 6.45) is -1.83. The number of aliphatic carboxylic acids is 1. The summed E-state index contributed by atoms with van der Waals surface area (Å²) in [6.45, 7) is 1.98. The zero-order valence-electron chi connectivity index (χ0n) is 13.3. The van der Waals surface area contributed by atoms with Gasteiger partial charge in [0.2, 0.25) is 0 Å². The Morgan fingerprint density at radius 2 is 1.92 bits per heavy atom. The number of carboxylic acids is 1. The Kier molecular flexibility index (Phi) is 5.55. The van der Waals surface area contributed by atoms with Gasteiger partial charge >= 0.3 is 12.1 Å². The normalized spacial score (nSPS) is 10.8. The number of nitrogens with one attached hydrogen (secondary N) is 2. The Balaban J connectivity index is 0.000000298. The number of rotatable bonds is 2. The number of hydrogen-bond acceptors (Lipinski definition) is 4. The third-order valence-corrected chi connectivity index (χ3v) is 3.10. The van der Waals surface area contributed by atoms with E-state index in [4.69, 9.17) is 9.90 Å². The van der Waals surface area contributed by atoms with Crippen molar-refractivity contribution in [1.29, 1.82) is 0 Å². The molecule has 2 aromatic heterocycles. The highest BCUT2D eigenvalue weighted by atomic mass is 19.4. The summed E-state index contributed by atoms with van der Waals surface area (Å²) in [4.78, 5) is 25.0. The van der Waals surface area contributed by atoms with Crippen molar-refractivity contribution in [2.45, 2.75) is 13.1 Å². The summed E-state index contributed by atoms with van der Waals surface area (Å²) >= 11 is 0. The Morgan fingerprint density at radius 1 is 1.23 bits per heavy atom. The lowest BCUT2D eigenvalue weighted by Gasteiger charge is -2.02. The Hall–Kier alpha value is -3.43. The first-order valence-corrected chi connectivity index (χ1v) is 7.14. The topological polar surface area (TPSA) is 108 Å². The number of H-pyrrole nitrogens is 1. The molecule has 0 radical (unpaired) electrons. The summed E-state index contributed by atoms with van der Waals surface area (Å²) < 4.78 is 31.7. The number of pyridine rings is 1. The molecule has 3 rings (SSSR count). The molecule has 0 saturated carbocycles. The molecule has 0 spiro atoms. The second-order valence-corrected chi connectivity index (χ2v) is 5.12. The fourth-order valence-corrected chi connectivity index (χ4v) is 1.93. The van der Waals surface area contributed by atoms with Crippen molar-refractivity contribution in [3.05, 3.63) is 54.0 Å². The lowest BCUT2D eigenvalue weighted by molar-refractivity contribution is -0.192. The summed E-state index contributed by atoms with van der Waals surface area (Å²) in [5, 5.41) is 17.6. The third kappa shape index (κ3) is 4.79. The summed E-state index contributed by atoms with van der Waals surface area (Å²) in [5.74, 6) is -3.00. The van der Waals surface area contributed by atoms with Gasteiger partial charge in [-0.05, 0) is 31.2 Å². The molecule has 0 unspecified atom stereocenters. The third-order valence-electron chi connectivity index (χ3n) is 3.10. The number of fused-ring (bicyclic) bond motifs is 1. The van der Waals surface area contributed by atoms with E-state index in [1.165, 1.54) is 0 Å². The lowest BCUT2D eigenvalue weighted by Crippen LogP contribution is -2.21. The fraction of sp³-hybridized carbons (Fsp3) is 0.125. The standard InChI is InChI=1S/C14H12N4O.C2HF3O2/c1-9-4-5-12-11(7-9)13(18-17-12)14(19)16-10-3-2-6-15-8-10;3-2(4,5)1(6)7/h2-8H,1H3,(H,16,19)(H,17,18);(H,6,7). The molecule has 10 heteroatoms. The molecule has 0 atom stereocenters. The van der Waals surface area contributed by atoms with Crippen molar-refractivity contribution in [1.82, 2.24) is 15.2 Å². The van der Waals surface area contributed by atoms with Crippen LogP contribution in [0.1, 0.15) is 16.1 Å². The van der Waals surface area contributed by atoms with Crippen LogP contribution in [0.2, 0.25) is 0 Å². The van der Waals surface area contributed by atoms with Crippen LogP contribution < -0.4 is 5.32 Å². The average molecular weight is 366 g/mol. The minimum atomic E-state index is -5.08. The second-order valence-electron chi connectivity index (χ2n) is 5.12. The predicted molar refractivity (Wildman–Crippen MR) is 86.7 cm³/mol. The van der Waals surface area contributed by atoms with Gasteiger partial charge in [-0.1, -0.05) is 11.6 Å². The number of hydrogen-bond donors (Lipinski definition) is 3. The van der Waals surface area contributed by atoms with Crippen molar-refractivity contribution < 1.29 is 27.9 Å². The average Bonchev–Trinajstić information content (AvgIpc) is 2.98. The molecule has 0 aliphatic rings. The summed E-state index contributed by atoms with van der Waals surface area (Å²) in [7, 11) is 0. The first kappa shape index (κ1) is 18.9. The highest BCUT2D eigenvalue weighted by Gasteiger charge is 2.38. The Bertz CT molecular complexity index is 923. The highest BCUT2D eigenvalue weighted by Crippen LogP contribution is 2.18.